The van der Waals surface area contributed by atoms with Gasteiger partial charge in [-0.1, -0.05) is 26.0 Å². The van der Waals surface area contributed by atoms with Crippen molar-refractivity contribution in [3.05, 3.63) is 29.8 Å². The number of aliphatic hydroxyl groups excluding tert-OH is 1. The number of benzene rings is 1. The number of rotatable bonds is 5. The smallest absolute Gasteiger partial charge is 0.406 e. The molecule has 3 nitrogen and oxygen atoms in total. The molecule has 0 radical (unpaired) electrons. The van der Waals surface area contributed by atoms with Gasteiger partial charge in [-0.3, -0.25) is 0 Å². The quantitative estimate of drug-likeness (QED) is 0.858. The van der Waals surface area contributed by atoms with E-state index in [0.717, 1.165) is 0 Å². The molecule has 0 saturated carbocycles. The Morgan fingerprint density at radius 2 is 2.00 bits per heavy atom. The van der Waals surface area contributed by atoms with Gasteiger partial charge in [0, 0.05) is 12.6 Å². The molecule has 1 atom stereocenters. The number of nitrogens with one attached hydrogen (secondary N) is 1. The maximum absolute atomic E-state index is 12.0. The van der Waals surface area contributed by atoms with Crippen molar-refractivity contribution in [1.29, 1.82) is 0 Å². The van der Waals surface area contributed by atoms with E-state index >= 15 is 0 Å². The fraction of sp³-hybridized carbons (Fsp3) is 0.500. The predicted octanol–water partition coefficient (Wildman–Crippen LogP) is 2.62. The second-order valence-electron chi connectivity index (χ2n) is 4.20. The topological polar surface area (TPSA) is 41.5 Å². The molecule has 0 aromatic heterocycles. The minimum absolute atomic E-state index is 0.189. The summed E-state index contributed by atoms with van der Waals surface area (Å²) in [6.45, 7) is 4.10. The molecule has 0 aliphatic carbocycles. The van der Waals surface area contributed by atoms with Crippen molar-refractivity contribution in [2.75, 3.05) is 6.54 Å². The normalized spacial score (nSPS) is 13.7. The lowest BCUT2D eigenvalue weighted by Gasteiger charge is -2.15. The molecule has 0 aliphatic rings. The van der Waals surface area contributed by atoms with Crippen LogP contribution in [0.25, 0.3) is 0 Å². The maximum Gasteiger partial charge on any atom is 0.573 e. The van der Waals surface area contributed by atoms with Crippen LogP contribution in [0.3, 0.4) is 0 Å². The average Bonchev–Trinajstić information content (AvgIpc) is 2.23. The summed E-state index contributed by atoms with van der Waals surface area (Å²) >= 11 is 0. The molecule has 0 fully saturated rings. The summed E-state index contributed by atoms with van der Waals surface area (Å²) in [7, 11) is 0. The Hall–Kier alpha value is -1.27. The van der Waals surface area contributed by atoms with Gasteiger partial charge in [-0.05, 0) is 17.7 Å². The molecule has 0 aliphatic heterocycles. The first kappa shape index (κ1) is 14.8. The maximum atomic E-state index is 12.0. The standard InChI is InChI=1S/C12H16F3NO2/c1-8(2)16-7-11(17)9-4-3-5-10(6-9)18-12(13,14)15/h3-6,8,11,16-17H,7H2,1-2H3. The Morgan fingerprint density at radius 1 is 1.33 bits per heavy atom. The first-order valence-corrected chi connectivity index (χ1v) is 5.55. The van der Waals surface area contributed by atoms with Crippen LogP contribution < -0.4 is 10.1 Å². The van der Waals surface area contributed by atoms with E-state index < -0.39 is 12.5 Å². The third-order valence-electron chi connectivity index (χ3n) is 2.20. The van der Waals surface area contributed by atoms with E-state index in [2.05, 4.69) is 10.1 Å². The number of aliphatic hydroxyl groups is 1. The molecule has 1 unspecified atom stereocenters. The Bertz CT molecular complexity index is 380. The van der Waals surface area contributed by atoms with Crippen LogP contribution in [0.1, 0.15) is 25.5 Å². The van der Waals surface area contributed by atoms with Gasteiger partial charge in [0.2, 0.25) is 0 Å². The number of alkyl halides is 3. The van der Waals surface area contributed by atoms with Gasteiger partial charge in [0.25, 0.3) is 0 Å². The molecule has 1 aromatic carbocycles. The van der Waals surface area contributed by atoms with Crippen molar-refractivity contribution in [2.24, 2.45) is 0 Å². The van der Waals surface area contributed by atoms with Gasteiger partial charge in [-0.15, -0.1) is 13.2 Å². The first-order chi connectivity index (χ1) is 8.28. The molecule has 0 amide bonds. The van der Waals surface area contributed by atoms with Crippen LogP contribution in [-0.2, 0) is 0 Å². The first-order valence-electron chi connectivity index (χ1n) is 5.55. The molecule has 0 bridgehead atoms. The second kappa shape index (κ2) is 6.06. The average molecular weight is 263 g/mol. The lowest BCUT2D eigenvalue weighted by Crippen LogP contribution is -2.27. The molecule has 2 N–H and O–H groups in total. The molecule has 0 heterocycles. The van der Waals surface area contributed by atoms with Gasteiger partial charge >= 0.3 is 6.36 Å². The van der Waals surface area contributed by atoms with Gasteiger partial charge < -0.3 is 15.2 Å². The zero-order valence-corrected chi connectivity index (χ0v) is 10.2. The highest BCUT2D eigenvalue weighted by Crippen LogP contribution is 2.25. The lowest BCUT2D eigenvalue weighted by atomic mass is 10.1. The Kier molecular flexibility index (Phi) is 4.98. The zero-order valence-electron chi connectivity index (χ0n) is 10.2. The summed E-state index contributed by atoms with van der Waals surface area (Å²) in [6, 6.07) is 5.53. The summed E-state index contributed by atoms with van der Waals surface area (Å²) in [6.07, 6.45) is -5.59. The molecular weight excluding hydrogens is 247 g/mol. The van der Waals surface area contributed by atoms with Crippen molar-refractivity contribution in [2.45, 2.75) is 32.4 Å². The van der Waals surface area contributed by atoms with E-state index in [0.29, 0.717) is 5.56 Å². The Labute approximate surface area is 104 Å². The van der Waals surface area contributed by atoms with Gasteiger partial charge in [-0.2, -0.15) is 0 Å². The molecular formula is C12H16F3NO2. The van der Waals surface area contributed by atoms with Crippen molar-refractivity contribution in [1.82, 2.24) is 5.32 Å². The highest BCUT2D eigenvalue weighted by molar-refractivity contribution is 5.30. The van der Waals surface area contributed by atoms with E-state index in [4.69, 9.17) is 0 Å². The predicted molar refractivity (Wildman–Crippen MR) is 61.2 cm³/mol. The van der Waals surface area contributed by atoms with E-state index in [-0.39, 0.29) is 18.3 Å². The van der Waals surface area contributed by atoms with E-state index in [1.165, 1.54) is 18.2 Å². The third-order valence-corrected chi connectivity index (χ3v) is 2.20. The molecule has 0 spiro atoms. The Balaban J connectivity index is 2.69. The zero-order chi connectivity index (χ0) is 13.8. The third kappa shape index (κ3) is 5.37. The van der Waals surface area contributed by atoms with Crippen molar-refractivity contribution >= 4 is 0 Å². The number of hydrogen-bond donors (Lipinski definition) is 2. The number of hydrogen-bond acceptors (Lipinski definition) is 3. The molecule has 1 aromatic rings. The van der Waals surface area contributed by atoms with Crippen LogP contribution in [0.2, 0.25) is 0 Å². The van der Waals surface area contributed by atoms with Gasteiger partial charge in [0.1, 0.15) is 5.75 Å². The van der Waals surface area contributed by atoms with Crippen LogP contribution in [0.5, 0.6) is 5.75 Å². The monoisotopic (exact) mass is 263 g/mol. The second-order valence-corrected chi connectivity index (χ2v) is 4.20. The van der Waals surface area contributed by atoms with E-state index in [1.807, 2.05) is 13.8 Å². The van der Waals surface area contributed by atoms with Crippen LogP contribution >= 0.6 is 0 Å². The minimum Gasteiger partial charge on any atom is -0.406 e. The van der Waals surface area contributed by atoms with Crippen molar-refractivity contribution in [3.8, 4) is 5.75 Å². The lowest BCUT2D eigenvalue weighted by molar-refractivity contribution is -0.274. The molecule has 1 rings (SSSR count). The Morgan fingerprint density at radius 3 is 2.56 bits per heavy atom. The van der Waals surface area contributed by atoms with Gasteiger partial charge in [-0.25, -0.2) is 0 Å². The number of ether oxygens (including phenoxy) is 1. The van der Waals surface area contributed by atoms with Crippen LogP contribution in [0, 0.1) is 0 Å². The fourth-order valence-corrected chi connectivity index (χ4v) is 1.38. The molecule has 18 heavy (non-hydrogen) atoms. The highest BCUT2D eigenvalue weighted by atomic mass is 19.4. The summed E-state index contributed by atoms with van der Waals surface area (Å²) in [4.78, 5) is 0. The number of halogens is 3. The fourth-order valence-electron chi connectivity index (χ4n) is 1.38. The SMILES string of the molecule is CC(C)NCC(O)c1cccc(OC(F)(F)F)c1. The van der Waals surface area contributed by atoms with Crippen molar-refractivity contribution in [3.63, 3.8) is 0 Å². The summed E-state index contributed by atoms with van der Waals surface area (Å²) in [5, 5.41) is 12.8. The largest absolute Gasteiger partial charge is 0.573 e. The highest BCUT2D eigenvalue weighted by Gasteiger charge is 2.31. The summed E-state index contributed by atoms with van der Waals surface area (Å²) in [5.41, 5.74) is 0.380. The van der Waals surface area contributed by atoms with Crippen molar-refractivity contribution < 1.29 is 23.0 Å². The van der Waals surface area contributed by atoms with Crippen LogP contribution in [-0.4, -0.2) is 24.1 Å². The molecule has 6 heteroatoms. The summed E-state index contributed by atoms with van der Waals surface area (Å²) < 4.78 is 39.9. The molecule has 102 valence electrons. The summed E-state index contributed by atoms with van der Waals surface area (Å²) in [5.74, 6) is -0.330. The van der Waals surface area contributed by atoms with Gasteiger partial charge in [0.05, 0.1) is 6.10 Å². The van der Waals surface area contributed by atoms with Crippen LogP contribution in [0.15, 0.2) is 24.3 Å². The van der Waals surface area contributed by atoms with E-state index in [1.54, 1.807) is 6.07 Å². The van der Waals surface area contributed by atoms with Gasteiger partial charge in [0.15, 0.2) is 0 Å². The van der Waals surface area contributed by atoms with Crippen LogP contribution in [0.4, 0.5) is 13.2 Å². The van der Waals surface area contributed by atoms with E-state index in [9.17, 15) is 18.3 Å². The molecule has 0 saturated heterocycles. The minimum atomic E-state index is -4.72.